The minimum Gasteiger partial charge on any atom is -0.385 e. The fourth-order valence-corrected chi connectivity index (χ4v) is 1.94. The van der Waals surface area contributed by atoms with Crippen molar-refractivity contribution in [2.45, 2.75) is 18.9 Å². The number of ether oxygens (including phenoxy) is 1. The van der Waals surface area contributed by atoms with Crippen LogP contribution in [0.5, 0.6) is 0 Å². The summed E-state index contributed by atoms with van der Waals surface area (Å²) in [5.74, 6) is -0.978. The molecule has 1 unspecified atom stereocenters. The van der Waals surface area contributed by atoms with E-state index >= 15 is 0 Å². The van der Waals surface area contributed by atoms with Gasteiger partial charge in [-0.05, 0) is 18.6 Å². The number of Topliss-reactive ketones (excluding diaryl/α,β-unsaturated/α-hetero) is 1. The lowest BCUT2D eigenvalue weighted by Gasteiger charge is -2.11. The summed E-state index contributed by atoms with van der Waals surface area (Å²) in [5, 5.41) is 0.0190. The first kappa shape index (κ1) is 15.4. The molecular formula is C12H14Cl2FNO2. The summed E-state index contributed by atoms with van der Waals surface area (Å²) in [4.78, 5) is 11.9. The number of carbonyl (C=O) groups excluding carboxylic acids is 1. The Labute approximate surface area is 115 Å². The highest BCUT2D eigenvalue weighted by molar-refractivity contribution is 6.36. The van der Waals surface area contributed by atoms with Gasteiger partial charge in [-0.3, -0.25) is 4.79 Å². The second kappa shape index (κ2) is 7.04. The Morgan fingerprint density at radius 1 is 1.44 bits per heavy atom. The van der Waals surface area contributed by atoms with Gasteiger partial charge >= 0.3 is 0 Å². The fraction of sp³-hybridized carbons (Fsp3) is 0.417. The van der Waals surface area contributed by atoms with Crippen molar-refractivity contribution in [3.05, 3.63) is 33.6 Å². The molecule has 6 heteroatoms. The van der Waals surface area contributed by atoms with Gasteiger partial charge in [0, 0.05) is 31.7 Å². The van der Waals surface area contributed by atoms with Crippen LogP contribution in [0.15, 0.2) is 12.1 Å². The number of ketones is 1. The molecule has 1 aromatic carbocycles. The molecule has 0 spiro atoms. The third-order valence-electron chi connectivity index (χ3n) is 2.45. The predicted molar refractivity (Wildman–Crippen MR) is 69.8 cm³/mol. The molecule has 1 atom stereocenters. The Bertz CT molecular complexity index is 440. The summed E-state index contributed by atoms with van der Waals surface area (Å²) < 4.78 is 18.1. The number of halogens is 3. The van der Waals surface area contributed by atoms with Crippen LogP contribution < -0.4 is 5.73 Å². The molecule has 0 amide bonds. The van der Waals surface area contributed by atoms with Gasteiger partial charge in [0.1, 0.15) is 5.82 Å². The second-order valence-corrected chi connectivity index (χ2v) is 4.73. The maximum atomic E-state index is 13.3. The number of nitrogens with two attached hydrogens (primary N) is 1. The number of carbonyl (C=O) groups is 1. The third-order valence-corrected chi connectivity index (χ3v) is 3.05. The molecular weight excluding hydrogens is 280 g/mol. The van der Waals surface area contributed by atoms with Gasteiger partial charge in [0.15, 0.2) is 5.78 Å². The molecule has 0 radical (unpaired) electrons. The summed E-state index contributed by atoms with van der Waals surface area (Å²) in [5.41, 5.74) is 5.86. The van der Waals surface area contributed by atoms with E-state index < -0.39 is 5.82 Å². The molecule has 0 bridgehead atoms. The van der Waals surface area contributed by atoms with E-state index in [1.165, 1.54) is 6.07 Å². The van der Waals surface area contributed by atoms with Crippen LogP contribution in [0.2, 0.25) is 10.0 Å². The van der Waals surface area contributed by atoms with E-state index in [1.807, 2.05) is 0 Å². The molecule has 0 aromatic heterocycles. The predicted octanol–water partition coefficient (Wildman–Crippen LogP) is 3.07. The van der Waals surface area contributed by atoms with E-state index in [0.717, 1.165) is 6.07 Å². The van der Waals surface area contributed by atoms with Crippen LogP contribution >= 0.6 is 23.2 Å². The van der Waals surface area contributed by atoms with Crippen molar-refractivity contribution in [1.82, 2.24) is 0 Å². The third kappa shape index (κ3) is 4.21. The lowest BCUT2D eigenvalue weighted by molar-refractivity contribution is 0.0966. The molecule has 3 nitrogen and oxygen atoms in total. The molecule has 0 saturated carbocycles. The topological polar surface area (TPSA) is 52.3 Å². The maximum absolute atomic E-state index is 13.3. The van der Waals surface area contributed by atoms with Gasteiger partial charge in [-0.2, -0.15) is 0 Å². The van der Waals surface area contributed by atoms with Gasteiger partial charge in [0.05, 0.1) is 10.0 Å². The number of hydrogen-bond acceptors (Lipinski definition) is 3. The Kier molecular flexibility index (Phi) is 6.02. The fourth-order valence-electron chi connectivity index (χ4n) is 1.46. The van der Waals surface area contributed by atoms with Crippen molar-refractivity contribution in [3.63, 3.8) is 0 Å². The summed E-state index contributed by atoms with van der Waals surface area (Å²) in [6.45, 7) is 0.469. The monoisotopic (exact) mass is 293 g/mol. The maximum Gasteiger partial charge on any atom is 0.166 e. The Balaban J connectivity index is 2.75. The lowest BCUT2D eigenvalue weighted by atomic mass is 10.0. The molecule has 0 fully saturated rings. The van der Waals surface area contributed by atoms with Gasteiger partial charge in [0.25, 0.3) is 0 Å². The van der Waals surface area contributed by atoms with Gasteiger partial charge in [0.2, 0.25) is 0 Å². The molecule has 1 rings (SSSR count). The Morgan fingerprint density at radius 3 is 2.72 bits per heavy atom. The van der Waals surface area contributed by atoms with Crippen LogP contribution in [0.3, 0.4) is 0 Å². The van der Waals surface area contributed by atoms with Crippen molar-refractivity contribution >= 4 is 29.0 Å². The first-order valence-electron chi connectivity index (χ1n) is 5.38. The van der Waals surface area contributed by atoms with Crippen molar-refractivity contribution in [3.8, 4) is 0 Å². The SMILES string of the molecule is COCCC(N)CC(=O)c1cc(F)c(Cl)cc1Cl. The van der Waals surface area contributed by atoms with E-state index in [-0.39, 0.29) is 33.9 Å². The second-order valence-electron chi connectivity index (χ2n) is 3.92. The quantitative estimate of drug-likeness (QED) is 0.648. The van der Waals surface area contributed by atoms with E-state index in [4.69, 9.17) is 33.7 Å². The molecule has 0 aliphatic carbocycles. The van der Waals surface area contributed by atoms with Crippen molar-refractivity contribution < 1.29 is 13.9 Å². The van der Waals surface area contributed by atoms with Crippen LogP contribution in [0.25, 0.3) is 0 Å². The van der Waals surface area contributed by atoms with E-state index in [0.29, 0.717) is 13.0 Å². The average molecular weight is 294 g/mol. The van der Waals surface area contributed by atoms with E-state index in [9.17, 15) is 9.18 Å². The molecule has 0 aliphatic rings. The first-order chi connectivity index (χ1) is 8.45. The summed E-state index contributed by atoms with van der Waals surface area (Å²) in [7, 11) is 1.56. The lowest BCUT2D eigenvalue weighted by Crippen LogP contribution is -2.25. The number of rotatable bonds is 6. The average Bonchev–Trinajstić information content (AvgIpc) is 2.31. The molecule has 1 aromatic rings. The van der Waals surface area contributed by atoms with E-state index in [1.54, 1.807) is 7.11 Å². The molecule has 18 heavy (non-hydrogen) atoms. The number of methoxy groups -OCH3 is 1. The van der Waals surface area contributed by atoms with Gasteiger partial charge in [-0.15, -0.1) is 0 Å². The normalized spacial score (nSPS) is 12.5. The highest BCUT2D eigenvalue weighted by Gasteiger charge is 2.16. The van der Waals surface area contributed by atoms with Gasteiger partial charge in [-0.1, -0.05) is 23.2 Å². The highest BCUT2D eigenvalue weighted by atomic mass is 35.5. The molecule has 0 aliphatic heterocycles. The van der Waals surface area contributed by atoms with Crippen LogP contribution in [-0.2, 0) is 4.74 Å². The highest BCUT2D eigenvalue weighted by Crippen LogP contribution is 2.25. The van der Waals surface area contributed by atoms with Crippen LogP contribution in [0.4, 0.5) is 4.39 Å². The minimum atomic E-state index is -0.671. The largest absolute Gasteiger partial charge is 0.385 e. The van der Waals surface area contributed by atoms with Crippen LogP contribution in [0.1, 0.15) is 23.2 Å². The van der Waals surface area contributed by atoms with Crippen molar-refractivity contribution in [2.75, 3.05) is 13.7 Å². The van der Waals surface area contributed by atoms with Gasteiger partial charge in [-0.25, -0.2) is 4.39 Å². The summed E-state index contributed by atoms with van der Waals surface area (Å²) in [6, 6.07) is 1.91. The van der Waals surface area contributed by atoms with Crippen LogP contribution in [0, 0.1) is 5.82 Å². The Morgan fingerprint density at radius 2 is 2.11 bits per heavy atom. The zero-order valence-electron chi connectivity index (χ0n) is 9.88. The zero-order valence-corrected chi connectivity index (χ0v) is 11.4. The standard InChI is InChI=1S/C12H14Cl2FNO2/c1-18-3-2-7(16)4-12(17)8-5-11(15)10(14)6-9(8)13/h5-7H,2-4,16H2,1H3. The number of hydrogen-bond donors (Lipinski definition) is 1. The smallest absolute Gasteiger partial charge is 0.166 e. The zero-order chi connectivity index (χ0) is 13.7. The molecule has 0 saturated heterocycles. The first-order valence-corrected chi connectivity index (χ1v) is 6.13. The van der Waals surface area contributed by atoms with E-state index in [2.05, 4.69) is 0 Å². The van der Waals surface area contributed by atoms with Crippen LogP contribution in [-0.4, -0.2) is 25.5 Å². The van der Waals surface area contributed by atoms with Crippen molar-refractivity contribution in [2.24, 2.45) is 5.73 Å². The van der Waals surface area contributed by atoms with Crippen molar-refractivity contribution in [1.29, 1.82) is 0 Å². The summed E-state index contributed by atoms with van der Waals surface area (Å²) in [6.07, 6.45) is 0.639. The number of benzene rings is 1. The van der Waals surface area contributed by atoms with Gasteiger partial charge < -0.3 is 10.5 Å². The molecule has 0 heterocycles. The Hall–Kier alpha value is -0.680. The molecule has 100 valence electrons. The minimum absolute atomic E-state index is 0.0875. The molecule has 2 N–H and O–H groups in total. The summed E-state index contributed by atoms with van der Waals surface area (Å²) >= 11 is 11.4.